The first-order chi connectivity index (χ1) is 7.26. The molecule has 0 radical (unpaired) electrons. The van der Waals surface area contributed by atoms with Gasteiger partial charge in [0.15, 0.2) is 0 Å². The molecule has 1 heterocycles. The second kappa shape index (κ2) is 4.14. The van der Waals surface area contributed by atoms with E-state index in [1.165, 1.54) is 0 Å². The highest BCUT2D eigenvalue weighted by molar-refractivity contribution is 8.01. The van der Waals surface area contributed by atoms with Crippen molar-refractivity contribution in [3.05, 3.63) is 18.2 Å². The molecule has 0 bridgehead atoms. The predicted octanol–water partition coefficient (Wildman–Crippen LogP) is 2.52. The van der Waals surface area contributed by atoms with Gasteiger partial charge < -0.3 is 10.1 Å². The molecule has 3 nitrogen and oxygen atoms in total. The number of benzene rings is 1. The zero-order chi connectivity index (χ0) is 10.8. The van der Waals surface area contributed by atoms with E-state index in [1.54, 1.807) is 18.9 Å². The van der Waals surface area contributed by atoms with Crippen LogP contribution in [0.5, 0.6) is 5.75 Å². The SMILES string of the molecule is CCC1Sc2cccc(OC)c2NC1=O. The summed E-state index contributed by atoms with van der Waals surface area (Å²) in [7, 11) is 1.61. The highest BCUT2D eigenvalue weighted by Crippen LogP contribution is 2.41. The Hall–Kier alpha value is -1.16. The van der Waals surface area contributed by atoms with Gasteiger partial charge in [-0.15, -0.1) is 11.8 Å². The van der Waals surface area contributed by atoms with Crippen LogP contribution >= 0.6 is 11.8 Å². The monoisotopic (exact) mass is 223 g/mol. The van der Waals surface area contributed by atoms with Crippen LogP contribution in [0.3, 0.4) is 0 Å². The van der Waals surface area contributed by atoms with Crippen molar-refractivity contribution in [2.75, 3.05) is 12.4 Å². The Morgan fingerprint density at radius 2 is 2.33 bits per heavy atom. The van der Waals surface area contributed by atoms with Gasteiger partial charge in [0.05, 0.1) is 18.0 Å². The summed E-state index contributed by atoms with van der Waals surface area (Å²) >= 11 is 1.60. The summed E-state index contributed by atoms with van der Waals surface area (Å²) < 4.78 is 5.20. The molecule has 1 N–H and O–H groups in total. The number of nitrogens with one attached hydrogen (secondary N) is 1. The van der Waals surface area contributed by atoms with Gasteiger partial charge in [0.2, 0.25) is 5.91 Å². The molecule has 80 valence electrons. The summed E-state index contributed by atoms with van der Waals surface area (Å²) in [5.74, 6) is 0.794. The highest BCUT2D eigenvalue weighted by atomic mass is 32.2. The van der Waals surface area contributed by atoms with Crippen molar-refractivity contribution in [2.24, 2.45) is 0 Å². The van der Waals surface area contributed by atoms with E-state index >= 15 is 0 Å². The van der Waals surface area contributed by atoms with Crippen LogP contribution in [0.15, 0.2) is 23.1 Å². The smallest absolute Gasteiger partial charge is 0.237 e. The molecule has 0 saturated heterocycles. The summed E-state index contributed by atoms with van der Waals surface area (Å²) in [6, 6.07) is 5.80. The van der Waals surface area contributed by atoms with Crippen LogP contribution in [0.4, 0.5) is 5.69 Å². The molecule has 0 fully saturated rings. The van der Waals surface area contributed by atoms with Crippen LogP contribution in [0.25, 0.3) is 0 Å². The standard InChI is InChI=1S/C11H13NO2S/c1-3-8-11(13)12-10-7(14-2)5-4-6-9(10)15-8/h4-6,8H,3H2,1-2H3,(H,12,13). The Kier molecular flexibility index (Phi) is 2.86. The molecule has 1 amide bonds. The third kappa shape index (κ3) is 1.81. The van der Waals surface area contributed by atoms with Gasteiger partial charge in [-0.2, -0.15) is 0 Å². The molecular weight excluding hydrogens is 210 g/mol. The number of methoxy groups -OCH3 is 1. The number of anilines is 1. The fourth-order valence-corrected chi connectivity index (χ4v) is 2.65. The van der Waals surface area contributed by atoms with E-state index in [-0.39, 0.29) is 11.2 Å². The van der Waals surface area contributed by atoms with Gasteiger partial charge in [-0.3, -0.25) is 4.79 Å². The normalized spacial score (nSPS) is 19.3. The Bertz CT molecular complexity index is 392. The topological polar surface area (TPSA) is 38.3 Å². The van der Waals surface area contributed by atoms with Crippen molar-refractivity contribution in [1.29, 1.82) is 0 Å². The maximum atomic E-state index is 11.7. The van der Waals surface area contributed by atoms with Gasteiger partial charge in [-0.25, -0.2) is 0 Å². The van der Waals surface area contributed by atoms with Crippen LogP contribution < -0.4 is 10.1 Å². The molecule has 1 atom stereocenters. The molecule has 1 aromatic carbocycles. The molecule has 2 rings (SSSR count). The number of carbonyl (C=O) groups excluding carboxylic acids is 1. The molecule has 15 heavy (non-hydrogen) atoms. The van der Waals surface area contributed by atoms with Crippen molar-refractivity contribution >= 4 is 23.4 Å². The number of rotatable bonds is 2. The Balaban J connectivity index is 2.39. The average molecular weight is 223 g/mol. The first kappa shape index (κ1) is 10.4. The van der Waals surface area contributed by atoms with E-state index in [0.717, 1.165) is 22.8 Å². The number of carbonyl (C=O) groups is 1. The number of thioether (sulfide) groups is 1. The van der Waals surface area contributed by atoms with Crippen molar-refractivity contribution in [1.82, 2.24) is 0 Å². The molecule has 4 heteroatoms. The minimum Gasteiger partial charge on any atom is -0.495 e. The van der Waals surface area contributed by atoms with Crippen LogP contribution in [0.1, 0.15) is 13.3 Å². The minimum atomic E-state index is 0.0182. The quantitative estimate of drug-likeness (QED) is 0.837. The largest absolute Gasteiger partial charge is 0.495 e. The number of ether oxygens (including phenoxy) is 1. The van der Waals surface area contributed by atoms with Crippen molar-refractivity contribution < 1.29 is 9.53 Å². The lowest BCUT2D eigenvalue weighted by Crippen LogP contribution is -2.28. The van der Waals surface area contributed by atoms with Crippen LogP contribution in [0, 0.1) is 0 Å². The highest BCUT2D eigenvalue weighted by Gasteiger charge is 2.27. The summed E-state index contributed by atoms with van der Waals surface area (Å²) in [5.41, 5.74) is 0.805. The van der Waals surface area contributed by atoms with E-state index in [4.69, 9.17) is 4.74 Å². The van der Waals surface area contributed by atoms with E-state index in [9.17, 15) is 4.79 Å². The molecule has 0 aliphatic carbocycles. The second-order valence-electron chi connectivity index (χ2n) is 3.34. The van der Waals surface area contributed by atoms with E-state index in [1.807, 2.05) is 25.1 Å². The van der Waals surface area contributed by atoms with Gasteiger partial charge in [-0.1, -0.05) is 13.0 Å². The Morgan fingerprint density at radius 3 is 3.00 bits per heavy atom. The third-order valence-electron chi connectivity index (χ3n) is 2.39. The van der Waals surface area contributed by atoms with Gasteiger partial charge in [0.1, 0.15) is 5.75 Å². The fourth-order valence-electron chi connectivity index (χ4n) is 1.58. The lowest BCUT2D eigenvalue weighted by molar-refractivity contribution is -0.115. The lowest BCUT2D eigenvalue weighted by Gasteiger charge is -2.24. The summed E-state index contributed by atoms with van der Waals surface area (Å²) in [5, 5.41) is 2.91. The zero-order valence-electron chi connectivity index (χ0n) is 8.74. The first-order valence-electron chi connectivity index (χ1n) is 4.90. The average Bonchev–Trinajstić information content (AvgIpc) is 2.27. The number of fused-ring (bicyclic) bond motifs is 1. The third-order valence-corrected chi connectivity index (χ3v) is 3.81. The maximum absolute atomic E-state index is 11.7. The van der Waals surface area contributed by atoms with Crippen molar-refractivity contribution in [2.45, 2.75) is 23.5 Å². The van der Waals surface area contributed by atoms with Crippen LogP contribution in [0.2, 0.25) is 0 Å². The maximum Gasteiger partial charge on any atom is 0.237 e. The van der Waals surface area contributed by atoms with Crippen LogP contribution in [-0.2, 0) is 4.79 Å². The molecule has 0 spiro atoms. The van der Waals surface area contributed by atoms with Gasteiger partial charge in [-0.05, 0) is 18.6 Å². The molecule has 1 aromatic rings. The zero-order valence-corrected chi connectivity index (χ0v) is 9.56. The lowest BCUT2D eigenvalue weighted by atomic mass is 10.2. The Morgan fingerprint density at radius 1 is 1.53 bits per heavy atom. The van der Waals surface area contributed by atoms with E-state index in [2.05, 4.69) is 5.32 Å². The molecule has 1 aliphatic rings. The number of hydrogen-bond donors (Lipinski definition) is 1. The van der Waals surface area contributed by atoms with Crippen LogP contribution in [-0.4, -0.2) is 18.3 Å². The molecular formula is C11H13NO2S. The molecule has 0 aromatic heterocycles. The fraction of sp³-hybridized carbons (Fsp3) is 0.364. The number of hydrogen-bond acceptors (Lipinski definition) is 3. The molecule has 1 unspecified atom stereocenters. The number of amides is 1. The van der Waals surface area contributed by atoms with E-state index in [0.29, 0.717) is 0 Å². The summed E-state index contributed by atoms with van der Waals surface area (Å²) in [6.45, 7) is 2.02. The van der Waals surface area contributed by atoms with Gasteiger partial charge >= 0.3 is 0 Å². The molecule has 0 saturated carbocycles. The summed E-state index contributed by atoms with van der Waals surface area (Å²) in [6.07, 6.45) is 0.840. The summed E-state index contributed by atoms with van der Waals surface area (Å²) in [4.78, 5) is 12.8. The number of para-hydroxylation sites is 1. The predicted molar refractivity (Wildman–Crippen MR) is 61.6 cm³/mol. The van der Waals surface area contributed by atoms with Crippen molar-refractivity contribution in [3.8, 4) is 5.75 Å². The van der Waals surface area contributed by atoms with Crippen molar-refractivity contribution in [3.63, 3.8) is 0 Å². The first-order valence-corrected chi connectivity index (χ1v) is 5.78. The van der Waals surface area contributed by atoms with Gasteiger partial charge in [0, 0.05) is 4.90 Å². The minimum absolute atomic E-state index is 0.0182. The second-order valence-corrected chi connectivity index (χ2v) is 4.58. The van der Waals surface area contributed by atoms with Gasteiger partial charge in [0.25, 0.3) is 0 Å². The molecule has 1 aliphatic heterocycles. The Labute approximate surface area is 93.2 Å². The van der Waals surface area contributed by atoms with E-state index < -0.39 is 0 Å².